The zero-order valence-corrected chi connectivity index (χ0v) is 11.6. The molecule has 1 aliphatic rings. The second-order valence-electron chi connectivity index (χ2n) is 5.51. The molecule has 2 aromatic rings. The molecule has 19 heavy (non-hydrogen) atoms. The summed E-state index contributed by atoms with van der Waals surface area (Å²) in [6.07, 6.45) is 10.2. The Kier molecular flexibility index (Phi) is 3.14. The first-order valence-electron chi connectivity index (χ1n) is 6.99. The normalized spacial score (nSPS) is 18.6. The van der Waals surface area contributed by atoms with Crippen LogP contribution in [0.5, 0.6) is 0 Å². The van der Waals surface area contributed by atoms with Gasteiger partial charge in [0.1, 0.15) is 0 Å². The van der Waals surface area contributed by atoms with Crippen molar-refractivity contribution in [2.24, 2.45) is 0 Å². The first-order chi connectivity index (χ1) is 9.23. The Balaban J connectivity index is 1.97. The zero-order chi connectivity index (χ0) is 13.3. The zero-order valence-electron chi connectivity index (χ0n) is 11.6. The third kappa shape index (κ3) is 2.18. The van der Waals surface area contributed by atoms with E-state index in [1.54, 1.807) is 0 Å². The fraction of sp³-hybridized carbons (Fsp3) is 0.571. The lowest BCUT2D eigenvalue weighted by Gasteiger charge is -2.34. The van der Waals surface area contributed by atoms with Gasteiger partial charge in [-0.15, -0.1) is 0 Å². The molecule has 1 N–H and O–H groups in total. The van der Waals surface area contributed by atoms with Gasteiger partial charge in [0, 0.05) is 30.0 Å². The summed E-state index contributed by atoms with van der Waals surface area (Å²) < 4.78 is 4.13. The second kappa shape index (κ2) is 4.81. The summed E-state index contributed by atoms with van der Waals surface area (Å²) in [4.78, 5) is 4.36. The summed E-state index contributed by atoms with van der Waals surface area (Å²) in [5, 5.41) is 7.78. The monoisotopic (exact) mass is 259 g/mol. The van der Waals surface area contributed by atoms with Crippen molar-refractivity contribution in [1.29, 1.82) is 0 Å². The fourth-order valence-electron chi connectivity index (χ4n) is 2.83. The lowest BCUT2D eigenvalue weighted by atomic mass is 9.78. The third-order valence-corrected chi connectivity index (χ3v) is 4.19. The van der Waals surface area contributed by atoms with Crippen molar-refractivity contribution < 1.29 is 0 Å². The van der Waals surface area contributed by atoms with Gasteiger partial charge < -0.3 is 5.32 Å². The molecule has 2 aromatic heterocycles. The smallest absolute Gasteiger partial charge is 0.0995 e. The molecule has 3 heterocycles. The summed E-state index contributed by atoms with van der Waals surface area (Å²) >= 11 is 0. The molecule has 0 unspecified atom stereocenters. The topological polar surface area (TPSA) is 47.7 Å². The number of piperidine rings is 1. The highest BCUT2D eigenvalue weighted by Crippen LogP contribution is 2.33. The maximum absolute atomic E-state index is 4.36. The van der Waals surface area contributed by atoms with Crippen LogP contribution in [0.2, 0.25) is 0 Å². The molecule has 0 radical (unpaired) electrons. The molecule has 1 fully saturated rings. The van der Waals surface area contributed by atoms with Crippen LogP contribution in [0.1, 0.15) is 32.4 Å². The standard InChI is InChI=1S/C14H21N5/c1-3-18-10-12(8-17-18)19-11-16-9-13(19)14(2)4-6-15-7-5-14/h8-11,15H,3-7H2,1-2H3. The van der Waals surface area contributed by atoms with Crippen LogP contribution in [0.25, 0.3) is 5.69 Å². The van der Waals surface area contributed by atoms with E-state index in [9.17, 15) is 0 Å². The third-order valence-electron chi connectivity index (χ3n) is 4.19. The van der Waals surface area contributed by atoms with Crippen LogP contribution in [-0.2, 0) is 12.0 Å². The minimum absolute atomic E-state index is 0.204. The average Bonchev–Trinajstić information content (AvgIpc) is 3.08. The Morgan fingerprint density at radius 3 is 2.79 bits per heavy atom. The predicted molar refractivity (Wildman–Crippen MR) is 74.5 cm³/mol. The van der Waals surface area contributed by atoms with E-state index in [0.717, 1.165) is 38.2 Å². The molecular weight excluding hydrogens is 238 g/mol. The van der Waals surface area contributed by atoms with E-state index in [0.29, 0.717) is 0 Å². The fourth-order valence-corrected chi connectivity index (χ4v) is 2.83. The summed E-state index contributed by atoms with van der Waals surface area (Å²) in [6.45, 7) is 7.49. The molecule has 0 saturated carbocycles. The molecule has 5 heteroatoms. The molecule has 5 nitrogen and oxygen atoms in total. The van der Waals surface area contributed by atoms with Crippen LogP contribution in [-0.4, -0.2) is 32.4 Å². The van der Waals surface area contributed by atoms with Crippen molar-refractivity contribution in [3.05, 3.63) is 30.6 Å². The van der Waals surface area contributed by atoms with Crippen LogP contribution < -0.4 is 5.32 Å². The highest BCUT2D eigenvalue weighted by molar-refractivity contribution is 5.31. The van der Waals surface area contributed by atoms with E-state index >= 15 is 0 Å². The van der Waals surface area contributed by atoms with Crippen molar-refractivity contribution in [1.82, 2.24) is 24.6 Å². The number of aryl methyl sites for hydroxylation is 1. The van der Waals surface area contributed by atoms with Gasteiger partial charge >= 0.3 is 0 Å². The first kappa shape index (κ1) is 12.4. The van der Waals surface area contributed by atoms with E-state index in [-0.39, 0.29) is 5.41 Å². The molecule has 0 amide bonds. The lowest BCUT2D eigenvalue weighted by molar-refractivity contribution is 0.324. The maximum Gasteiger partial charge on any atom is 0.0995 e. The quantitative estimate of drug-likeness (QED) is 0.913. The van der Waals surface area contributed by atoms with Crippen LogP contribution in [0.3, 0.4) is 0 Å². The summed E-state index contributed by atoms with van der Waals surface area (Å²) in [5.74, 6) is 0. The van der Waals surface area contributed by atoms with Crippen molar-refractivity contribution >= 4 is 0 Å². The van der Waals surface area contributed by atoms with E-state index in [2.05, 4.69) is 40.0 Å². The summed E-state index contributed by atoms with van der Waals surface area (Å²) in [6, 6.07) is 0. The minimum Gasteiger partial charge on any atom is -0.317 e. The largest absolute Gasteiger partial charge is 0.317 e. The Morgan fingerprint density at radius 1 is 1.32 bits per heavy atom. The maximum atomic E-state index is 4.36. The minimum atomic E-state index is 0.204. The number of nitrogens with one attached hydrogen (secondary N) is 1. The first-order valence-corrected chi connectivity index (χ1v) is 6.99. The lowest BCUT2D eigenvalue weighted by Crippen LogP contribution is -2.38. The van der Waals surface area contributed by atoms with Gasteiger partial charge in [-0.3, -0.25) is 9.25 Å². The highest BCUT2D eigenvalue weighted by Gasteiger charge is 2.32. The molecule has 3 rings (SSSR count). The van der Waals surface area contributed by atoms with E-state index in [1.165, 1.54) is 5.69 Å². The van der Waals surface area contributed by atoms with Crippen molar-refractivity contribution in [3.63, 3.8) is 0 Å². The number of imidazole rings is 1. The summed E-state index contributed by atoms with van der Waals surface area (Å²) in [5.41, 5.74) is 2.61. The molecule has 1 saturated heterocycles. The van der Waals surface area contributed by atoms with E-state index in [1.807, 2.05) is 23.4 Å². The van der Waals surface area contributed by atoms with E-state index in [4.69, 9.17) is 0 Å². The average molecular weight is 259 g/mol. The van der Waals surface area contributed by atoms with Gasteiger partial charge in [-0.25, -0.2) is 4.98 Å². The van der Waals surface area contributed by atoms with Gasteiger partial charge in [-0.1, -0.05) is 6.92 Å². The molecule has 102 valence electrons. The van der Waals surface area contributed by atoms with Crippen LogP contribution in [0, 0.1) is 0 Å². The van der Waals surface area contributed by atoms with Crippen molar-refractivity contribution in [2.45, 2.75) is 38.6 Å². The SMILES string of the molecule is CCn1cc(-n2cncc2C2(C)CCNCC2)cn1. The molecule has 0 aliphatic carbocycles. The van der Waals surface area contributed by atoms with Gasteiger partial charge in [0.2, 0.25) is 0 Å². The van der Waals surface area contributed by atoms with Crippen molar-refractivity contribution in [2.75, 3.05) is 13.1 Å². The number of aromatic nitrogens is 4. The van der Waals surface area contributed by atoms with Gasteiger partial charge in [-0.05, 0) is 32.9 Å². The number of rotatable bonds is 3. The number of hydrogen-bond donors (Lipinski definition) is 1. The van der Waals surface area contributed by atoms with Crippen LogP contribution in [0.4, 0.5) is 0 Å². The molecule has 0 bridgehead atoms. The summed E-state index contributed by atoms with van der Waals surface area (Å²) in [7, 11) is 0. The van der Waals surface area contributed by atoms with Crippen molar-refractivity contribution in [3.8, 4) is 5.69 Å². The van der Waals surface area contributed by atoms with Gasteiger partial charge in [-0.2, -0.15) is 5.10 Å². The predicted octanol–water partition coefficient (Wildman–Crippen LogP) is 1.73. The number of nitrogens with zero attached hydrogens (tertiary/aromatic N) is 4. The highest BCUT2D eigenvalue weighted by atomic mass is 15.3. The van der Waals surface area contributed by atoms with Gasteiger partial charge in [0.15, 0.2) is 0 Å². The molecule has 1 aliphatic heterocycles. The Labute approximate surface area is 113 Å². The Bertz CT molecular complexity index is 548. The molecule has 0 aromatic carbocycles. The molecule has 0 spiro atoms. The molecular formula is C14H21N5. The Hall–Kier alpha value is -1.62. The van der Waals surface area contributed by atoms with Crippen LogP contribution in [0.15, 0.2) is 24.9 Å². The van der Waals surface area contributed by atoms with Gasteiger partial charge in [0.05, 0.1) is 18.2 Å². The number of hydrogen-bond acceptors (Lipinski definition) is 3. The second-order valence-corrected chi connectivity index (χ2v) is 5.51. The van der Waals surface area contributed by atoms with Gasteiger partial charge in [0.25, 0.3) is 0 Å². The van der Waals surface area contributed by atoms with E-state index < -0.39 is 0 Å². The molecule has 0 atom stereocenters. The van der Waals surface area contributed by atoms with Crippen LogP contribution >= 0.6 is 0 Å². The Morgan fingerprint density at radius 2 is 2.11 bits per heavy atom.